The van der Waals surface area contributed by atoms with Crippen LogP contribution in [0, 0.1) is 6.92 Å². The van der Waals surface area contributed by atoms with E-state index in [4.69, 9.17) is 0 Å². The zero-order chi connectivity index (χ0) is 13.0. The third kappa shape index (κ3) is 3.28. The molecule has 3 nitrogen and oxygen atoms in total. The molecular formula is C14H14N2OS. The van der Waals surface area contributed by atoms with Crippen LogP contribution in [0.4, 0.5) is 5.13 Å². The number of anilines is 1. The van der Waals surface area contributed by atoms with E-state index >= 15 is 0 Å². The van der Waals surface area contributed by atoms with Crippen LogP contribution in [-0.2, 0) is 4.79 Å². The summed E-state index contributed by atoms with van der Waals surface area (Å²) < 4.78 is 0. The van der Waals surface area contributed by atoms with Gasteiger partial charge in [-0.15, -0.1) is 11.3 Å². The molecule has 1 heterocycles. The lowest BCUT2D eigenvalue weighted by molar-refractivity contribution is -0.111. The number of carbonyl (C=O) groups is 1. The van der Waals surface area contributed by atoms with Crippen molar-refractivity contribution in [1.82, 2.24) is 4.98 Å². The Bertz CT molecular complexity index is 572. The summed E-state index contributed by atoms with van der Waals surface area (Å²) in [7, 11) is 0. The number of aryl methyl sites for hydroxylation is 1. The van der Waals surface area contributed by atoms with Crippen LogP contribution in [0.25, 0.3) is 5.57 Å². The zero-order valence-electron chi connectivity index (χ0n) is 10.3. The van der Waals surface area contributed by atoms with Crippen molar-refractivity contribution >= 4 is 27.9 Å². The summed E-state index contributed by atoms with van der Waals surface area (Å²) in [6.07, 6.45) is 1.59. The molecule has 0 spiro atoms. The Hall–Kier alpha value is -1.94. The Morgan fingerprint density at radius 2 is 2.06 bits per heavy atom. The van der Waals surface area contributed by atoms with Crippen LogP contribution in [0.3, 0.4) is 0 Å². The monoisotopic (exact) mass is 258 g/mol. The number of amides is 1. The smallest absolute Gasteiger partial charge is 0.250 e. The summed E-state index contributed by atoms with van der Waals surface area (Å²) in [6.45, 7) is 3.82. The number of aromatic nitrogens is 1. The van der Waals surface area contributed by atoms with Gasteiger partial charge in [0.25, 0.3) is 0 Å². The minimum absolute atomic E-state index is 0.147. The number of hydrogen-bond donors (Lipinski definition) is 1. The Labute approximate surface area is 110 Å². The predicted octanol–water partition coefficient (Wildman–Crippen LogP) is 3.49. The van der Waals surface area contributed by atoms with Crippen LogP contribution >= 0.6 is 11.3 Å². The first kappa shape index (κ1) is 12.5. The molecule has 0 unspecified atom stereocenters. The normalized spacial score (nSPS) is 11.3. The molecule has 18 heavy (non-hydrogen) atoms. The zero-order valence-corrected chi connectivity index (χ0v) is 11.1. The van der Waals surface area contributed by atoms with E-state index in [1.165, 1.54) is 11.3 Å². The van der Waals surface area contributed by atoms with Crippen molar-refractivity contribution in [2.75, 3.05) is 5.32 Å². The first-order valence-electron chi connectivity index (χ1n) is 5.62. The Kier molecular flexibility index (Phi) is 3.89. The summed E-state index contributed by atoms with van der Waals surface area (Å²) in [4.78, 5) is 16.0. The average molecular weight is 258 g/mol. The van der Waals surface area contributed by atoms with Crippen LogP contribution in [-0.4, -0.2) is 10.9 Å². The van der Waals surface area contributed by atoms with Gasteiger partial charge >= 0.3 is 0 Å². The second-order valence-electron chi connectivity index (χ2n) is 3.98. The van der Waals surface area contributed by atoms with E-state index in [1.54, 1.807) is 6.08 Å². The topological polar surface area (TPSA) is 42.0 Å². The third-order valence-corrected chi connectivity index (χ3v) is 3.30. The summed E-state index contributed by atoms with van der Waals surface area (Å²) in [6, 6.07) is 9.82. The minimum atomic E-state index is -0.147. The predicted molar refractivity (Wildman–Crippen MR) is 75.6 cm³/mol. The number of benzene rings is 1. The first-order valence-corrected chi connectivity index (χ1v) is 6.50. The number of nitrogens with zero attached hydrogens (tertiary/aromatic N) is 1. The van der Waals surface area contributed by atoms with E-state index in [-0.39, 0.29) is 5.91 Å². The molecule has 2 aromatic rings. The number of allylic oxidation sites excluding steroid dienone is 1. The molecule has 1 aromatic heterocycles. The molecule has 2 rings (SSSR count). The molecule has 1 amide bonds. The van der Waals surface area contributed by atoms with Crippen LogP contribution in [0.2, 0.25) is 0 Å². The van der Waals surface area contributed by atoms with Crippen LogP contribution in [0.1, 0.15) is 18.2 Å². The Morgan fingerprint density at radius 1 is 1.33 bits per heavy atom. The van der Waals surface area contributed by atoms with Gasteiger partial charge in [0.15, 0.2) is 5.13 Å². The lowest BCUT2D eigenvalue weighted by Gasteiger charge is -2.01. The summed E-state index contributed by atoms with van der Waals surface area (Å²) in [5.41, 5.74) is 2.89. The maximum atomic E-state index is 11.8. The molecule has 0 aliphatic rings. The van der Waals surface area contributed by atoms with Crippen LogP contribution in [0.15, 0.2) is 41.8 Å². The summed E-state index contributed by atoms with van der Waals surface area (Å²) in [5, 5.41) is 5.30. The number of carbonyl (C=O) groups excluding carboxylic acids is 1. The fraction of sp³-hybridized carbons (Fsp3) is 0.143. The van der Waals surface area contributed by atoms with Gasteiger partial charge in [-0.05, 0) is 25.0 Å². The SMILES string of the molecule is C/C(=C\C(=O)Nc1nc(C)cs1)c1ccccc1. The number of hydrogen-bond acceptors (Lipinski definition) is 3. The molecule has 0 fully saturated rings. The van der Waals surface area contributed by atoms with E-state index in [2.05, 4.69) is 10.3 Å². The van der Waals surface area contributed by atoms with Crippen molar-refractivity contribution < 1.29 is 4.79 Å². The quantitative estimate of drug-likeness (QED) is 0.856. The van der Waals surface area contributed by atoms with E-state index in [9.17, 15) is 4.79 Å². The van der Waals surface area contributed by atoms with Gasteiger partial charge in [0.05, 0.1) is 5.69 Å². The second kappa shape index (κ2) is 5.60. The largest absolute Gasteiger partial charge is 0.298 e. The highest BCUT2D eigenvalue weighted by Crippen LogP contribution is 2.16. The lowest BCUT2D eigenvalue weighted by Crippen LogP contribution is -2.08. The molecule has 92 valence electrons. The van der Waals surface area contributed by atoms with Crippen molar-refractivity contribution in [3.8, 4) is 0 Å². The molecule has 4 heteroatoms. The van der Waals surface area contributed by atoms with Gasteiger partial charge in [-0.3, -0.25) is 10.1 Å². The van der Waals surface area contributed by atoms with Crippen molar-refractivity contribution in [3.63, 3.8) is 0 Å². The van der Waals surface area contributed by atoms with Crippen molar-refractivity contribution in [3.05, 3.63) is 53.0 Å². The van der Waals surface area contributed by atoms with Crippen molar-refractivity contribution in [2.45, 2.75) is 13.8 Å². The van der Waals surface area contributed by atoms with Crippen molar-refractivity contribution in [1.29, 1.82) is 0 Å². The van der Waals surface area contributed by atoms with Gasteiger partial charge in [-0.1, -0.05) is 30.3 Å². The molecule has 0 aliphatic carbocycles. The van der Waals surface area contributed by atoms with E-state index < -0.39 is 0 Å². The Morgan fingerprint density at radius 3 is 2.67 bits per heavy atom. The molecule has 0 radical (unpaired) electrons. The van der Waals surface area contributed by atoms with Gasteiger partial charge in [0, 0.05) is 11.5 Å². The molecule has 0 atom stereocenters. The molecule has 0 saturated carbocycles. The summed E-state index contributed by atoms with van der Waals surface area (Å²) >= 11 is 1.43. The maximum absolute atomic E-state index is 11.8. The van der Waals surface area contributed by atoms with Gasteiger partial charge in [0.1, 0.15) is 0 Å². The van der Waals surface area contributed by atoms with Gasteiger partial charge in [0.2, 0.25) is 5.91 Å². The number of thiazole rings is 1. The average Bonchev–Trinajstić information content (AvgIpc) is 2.75. The van der Waals surface area contributed by atoms with E-state index in [1.807, 2.05) is 49.6 Å². The second-order valence-corrected chi connectivity index (χ2v) is 4.83. The highest BCUT2D eigenvalue weighted by Gasteiger charge is 2.03. The molecule has 1 N–H and O–H groups in total. The van der Waals surface area contributed by atoms with Gasteiger partial charge in [-0.25, -0.2) is 4.98 Å². The molecule has 0 saturated heterocycles. The van der Waals surface area contributed by atoms with Crippen molar-refractivity contribution in [2.24, 2.45) is 0 Å². The first-order chi connectivity index (χ1) is 8.65. The maximum Gasteiger partial charge on any atom is 0.250 e. The highest BCUT2D eigenvalue weighted by molar-refractivity contribution is 7.13. The fourth-order valence-corrected chi connectivity index (χ4v) is 2.22. The van der Waals surface area contributed by atoms with E-state index in [0.717, 1.165) is 16.8 Å². The standard InChI is InChI=1S/C14H14N2OS/c1-10(12-6-4-3-5-7-12)8-13(17)16-14-15-11(2)9-18-14/h3-9H,1-2H3,(H,15,16,17)/b10-8+. The van der Waals surface area contributed by atoms with Crippen LogP contribution < -0.4 is 5.32 Å². The van der Waals surface area contributed by atoms with Gasteiger partial charge in [-0.2, -0.15) is 0 Å². The van der Waals surface area contributed by atoms with Gasteiger partial charge < -0.3 is 0 Å². The molecular weight excluding hydrogens is 244 g/mol. The molecule has 0 bridgehead atoms. The number of nitrogens with one attached hydrogen (secondary N) is 1. The van der Waals surface area contributed by atoms with Crippen LogP contribution in [0.5, 0.6) is 0 Å². The summed E-state index contributed by atoms with van der Waals surface area (Å²) in [5.74, 6) is -0.147. The third-order valence-electron chi connectivity index (χ3n) is 2.43. The fourth-order valence-electron chi connectivity index (χ4n) is 1.53. The Balaban J connectivity index is 2.06. The lowest BCUT2D eigenvalue weighted by atomic mass is 10.1. The number of rotatable bonds is 3. The highest BCUT2D eigenvalue weighted by atomic mass is 32.1. The van der Waals surface area contributed by atoms with E-state index in [0.29, 0.717) is 5.13 Å². The molecule has 1 aromatic carbocycles. The minimum Gasteiger partial charge on any atom is -0.298 e. The molecule has 0 aliphatic heterocycles.